The van der Waals surface area contributed by atoms with Gasteiger partial charge in [-0.1, -0.05) is 18.0 Å². The summed E-state index contributed by atoms with van der Waals surface area (Å²) in [5, 5.41) is 9.39. The lowest BCUT2D eigenvalue weighted by atomic mass is 9.86. The van der Waals surface area contributed by atoms with Crippen molar-refractivity contribution in [3.8, 4) is 6.07 Å². The fraction of sp³-hybridized carbons (Fsp3) is 0.526. The highest BCUT2D eigenvalue weighted by atomic mass is 35.5. The van der Waals surface area contributed by atoms with Crippen LogP contribution in [0.25, 0.3) is 0 Å². The standard InChI is InChI=1S/C19H22ClN3O4/c1-12-15(7-6-13(9-21)16(12)20)23-17(24)19(22(2)18(23)25)8-4-5-14(19)10-27-11-26-3/h6-7,14H,4-5,8,10-11H2,1-3H3/t14-,19-/m1/s1. The van der Waals surface area contributed by atoms with Gasteiger partial charge in [0.2, 0.25) is 0 Å². The van der Waals surface area contributed by atoms with Gasteiger partial charge in [0.15, 0.2) is 0 Å². The van der Waals surface area contributed by atoms with Crippen molar-refractivity contribution >= 4 is 29.2 Å². The maximum absolute atomic E-state index is 13.5. The molecule has 0 N–H and O–H groups in total. The minimum atomic E-state index is -0.919. The Kier molecular flexibility index (Phi) is 5.43. The van der Waals surface area contributed by atoms with Crippen molar-refractivity contribution in [1.82, 2.24) is 4.90 Å². The number of hydrogen-bond acceptors (Lipinski definition) is 5. The number of hydrogen-bond donors (Lipinski definition) is 0. The fourth-order valence-electron chi connectivity index (χ4n) is 4.24. The first kappa shape index (κ1) is 19.6. The average molecular weight is 392 g/mol. The van der Waals surface area contributed by atoms with Gasteiger partial charge in [0.25, 0.3) is 5.91 Å². The topological polar surface area (TPSA) is 82.9 Å². The van der Waals surface area contributed by atoms with Gasteiger partial charge in [0, 0.05) is 20.1 Å². The highest BCUT2D eigenvalue weighted by molar-refractivity contribution is 6.33. The summed E-state index contributed by atoms with van der Waals surface area (Å²) in [6.45, 7) is 2.20. The van der Waals surface area contributed by atoms with Crippen molar-refractivity contribution in [2.45, 2.75) is 31.7 Å². The van der Waals surface area contributed by atoms with E-state index in [1.807, 2.05) is 6.07 Å². The van der Waals surface area contributed by atoms with Gasteiger partial charge < -0.3 is 14.4 Å². The monoisotopic (exact) mass is 391 g/mol. The summed E-state index contributed by atoms with van der Waals surface area (Å²) < 4.78 is 10.4. The summed E-state index contributed by atoms with van der Waals surface area (Å²) in [6, 6.07) is 4.76. The Balaban J connectivity index is 1.99. The summed E-state index contributed by atoms with van der Waals surface area (Å²) in [5.41, 5.74) is 0.346. The highest BCUT2D eigenvalue weighted by Gasteiger charge is 2.62. The number of amides is 3. The van der Waals surface area contributed by atoms with Gasteiger partial charge >= 0.3 is 6.03 Å². The first-order valence-electron chi connectivity index (χ1n) is 8.78. The van der Waals surface area contributed by atoms with E-state index in [-0.39, 0.29) is 29.7 Å². The van der Waals surface area contributed by atoms with Crippen molar-refractivity contribution < 1.29 is 19.1 Å². The minimum absolute atomic E-state index is 0.103. The van der Waals surface area contributed by atoms with Gasteiger partial charge in [-0.2, -0.15) is 5.26 Å². The molecular weight excluding hydrogens is 370 g/mol. The quantitative estimate of drug-likeness (QED) is 0.437. The molecule has 2 atom stereocenters. The van der Waals surface area contributed by atoms with Crippen molar-refractivity contribution in [3.05, 3.63) is 28.3 Å². The molecule has 0 bridgehead atoms. The third-order valence-corrected chi connectivity index (χ3v) is 6.16. The number of anilines is 1. The highest BCUT2D eigenvalue weighted by Crippen LogP contribution is 2.47. The minimum Gasteiger partial charge on any atom is -0.359 e. The van der Waals surface area contributed by atoms with Crippen LogP contribution in [0.2, 0.25) is 5.02 Å². The second-order valence-corrected chi connectivity index (χ2v) is 7.33. The van der Waals surface area contributed by atoms with E-state index in [1.54, 1.807) is 27.1 Å². The van der Waals surface area contributed by atoms with Gasteiger partial charge in [-0.05, 0) is 37.5 Å². The summed E-state index contributed by atoms with van der Waals surface area (Å²) in [6.07, 6.45) is 2.23. The van der Waals surface area contributed by atoms with Crippen LogP contribution < -0.4 is 4.90 Å². The summed E-state index contributed by atoms with van der Waals surface area (Å²) in [5.74, 6) is -0.365. The van der Waals surface area contributed by atoms with Crippen LogP contribution in [0, 0.1) is 24.2 Å². The van der Waals surface area contributed by atoms with E-state index >= 15 is 0 Å². The molecule has 0 unspecified atom stereocenters. The maximum atomic E-state index is 13.5. The predicted octanol–water partition coefficient (Wildman–Crippen LogP) is 3.08. The number of likely N-dealkylation sites (N-methyl/N-ethyl adjacent to an activating group) is 1. The number of imide groups is 1. The number of nitrogens with zero attached hydrogens (tertiary/aromatic N) is 3. The predicted molar refractivity (Wildman–Crippen MR) is 99.4 cm³/mol. The number of halogens is 1. The third kappa shape index (κ3) is 2.89. The van der Waals surface area contributed by atoms with Crippen LogP contribution in [0.3, 0.4) is 0 Å². The van der Waals surface area contributed by atoms with Crippen LogP contribution >= 0.6 is 11.6 Å². The lowest BCUT2D eigenvalue weighted by molar-refractivity contribution is -0.129. The van der Waals surface area contributed by atoms with Crippen molar-refractivity contribution in [3.63, 3.8) is 0 Å². The van der Waals surface area contributed by atoms with Gasteiger partial charge in [0.1, 0.15) is 18.4 Å². The SMILES string of the molecule is COCOC[C@H]1CCC[C@]12C(=O)N(c1ccc(C#N)c(Cl)c1C)C(=O)N2C. The Morgan fingerprint density at radius 2 is 2.15 bits per heavy atom. The van der Waals surface area contributed by atoms with Gasteiger partial charge in [-0.15, -0.1) is 0 Å². The smallest absolute Gasteiger partial charge is 0.332 e. The van der Waals surface area contributed by atoms with Crippen molar-refractivity contribution in [1.29, 1.82) is 5.26 Å². The van der Waals surface area contributed by atoms with E-state index in [0.717, 1.165) is 12.8 Å². The number of carbonyl (C=O) groups is 2. The normalized spacial score (nSPS) is 24.9. The van der Waals surface area contributed by atoms with E-state index in [4.69, 9.17) is 26.3 Å². The van der Waals surface area contributed by atoms with E-state index < -0.39 is 5.54 Å². The zero-order valence-electron chi connectivity index (χ0n) is 15.6. The zero-order chi connectivity index (χ0) is 19.8. The molecule has 3 amide bonds. The van der Waals surface area contributed by atoms with Crippen LogP contribution in [0.4, 0.5) is 10.5 Å². The fourth-order valence-corrected chi connectivity index (χ4v) is 4.44. The second kappa shape index (κ2) is 7.47. The molecule has 1 aliphatic heterocycles. The van der Waals surface area contributed by atoms with Crippen LogP contribution in [-0.4, -0.2) is 49.9 Å². The van der Waals surface area contributed by atoms with Crippen LogP contribution in [0.1, 0.15) is 30.4 Å². The Bertz CT molecular complexity index is 822. The lowest BCUT2D eigenvalue weighted by Gasteiger charge is -2.34. The first-order valence-corrected chi connectivity index (χ1v) is 9.16. The van der Waals surface area contributed by atoms with E-state index in [1.165, 1.54) is 15.9 Å². The summed E-state index contributed by atoms with van der Waals surface area (Å²) in [4.78, 5) is 29.2. The summed E-state index contributed by atoms with van der Waals surface area (Å²) >= 11 is 6.25. The molecule has 0 radical (unpaired) electrons. The number of methoxy groups -OCH3 is 1. The number of carbonyl (C=O) groups excluding carboxylic acids is 2. The molecule has 144 valence electrons. The Hall–Kier alpha value is -2.14. The third-order valence-electron chi connectivity index (χ3n) is 5.68. The molecule has 27 heavy (non-hydrogen) atoms. The molecule has 1 spiro atoms. The van der Waals surface area contributed by atoms with E-state index in [0.29, 0.717) is 29.8 Å². The molecule has 1 saturated carbocycles. The molecule has 1 aliphatic carbocycles. The van der Waals surface area contributed by atoms with Crippen molar-refractivity contribution in [2.75, 3.05) is 32.5 Å². The molecule has 1 aromatic rings. The maximum Gasteiger partial charge on any atom is 0.332 e. The molecule has 1 saturated heterocycles. The molecule has 2 aliphatic rings. The van der Waals surface area contributed by atoms with Crippen molar-refractivity contribution in [2.24, 2.45) is 5.92 Å². The number of nitriles is 1. The lowest BCUT2D eigenvalue weighted by Crippen LogP contribution is -2.52. The molecule has 8 heteroatoms. The van der Waals surface area contributed by atoms with Gasteiger partial charge in [-0.3, -0.25) is 4.79 Å². The number of rotatable bonds is 5. The van der Waals surface area contributed by atoms with Gasteiger partial charge in [-0.25, -0.2) is 9.69 Å². The molecule has 0 aromatic heterocycles. The number of ether oxygens (including phenoxy) is 2. The van der Waals surface area contributed by atoms with Crippen LogP contribution in [0.15, 0.2) is 12.1 Å². The summed E-state index contributed by atoms with van der Waals surface area (Å²) in [7, 11) is 3.20. The van der Waals surface area contributed by atoms with Crippen LogP contribution in [-0.2, 0) is 14.3 Å². The van der Waals surface area contributed by atoms with Gasteiger partial charge in [0.05, 0.1) is 22.9 Å². The molecule has 3 rings (SSSR count). The van der Waals surface area contributed by atoms with E-state index in [2.05, 4.69) is 0 Å². The number of urea groups is 1. The Morgan fingerprint density at radius 3 is 2.81 bits per heavy atom. The molecule has 1 aromatic carbocycles. The largest absolute Gasteiger partial charge is 0.359 e. The zero-order valence-corrected chi connectivity index (χ0v) is 16.4. The second-order valence-electron chi connectivity index (χ2n) is 6.96. The first-order chi connectivity index (χ1) is 12.9. The van der Waals surface area contributed by atoms with E-state index in [9.17, 15) is 9.59 Å². The molecule has 7 nitrogen and oxygen atoms in total. The molecule has 1 heterocycles. The Labute approximate surface area is 163 Å². The number of benzene rings is 1. The van der Waals surface area contributed by atoms with Crippen LogP contribution in [0.5, 0.6) is 0 Å². The molecule has 2 fully saturated rings. The molecular formula is C19H22ClN3O4. The average Bonchev–Trinajstić information content (AvgIpc) is 3.16. The Morgan fingerprint density at radius 1 is 1.41 bits per heavy atom.